The minimum Gasteiger partial charge on any atom is -0.359 e. The molecule has 2 nitrogen and oxygen atoms in total. The molecular weight excluding hydrogens is 261 g/mol. The highest BCUT2D eigenvalue weighted by Gasteiger charge is 2.20. The Kier molecular flexibility index (Phi) is 2.89. The van der Waals surface area contributed by atoms with E-state index in [1.165, 1.54) is 12.8 Å². The van der Waals surface area contributed by atoms with Gasteiger partial charge in [-0.2, -0.15) is 0 Å². The van der Waals surface area contributed by atoms with Crippen LogP contribution in [-0.4, -0.2) is 11.0 Å². The maximum Gasteiger partial charge on any atom is 0.196 e. The molecular formula is C12H11F3N2S. The first-order chi connectivity index (χ1) is 8.65. The lowest BCUT2D eigenvalue weighted by Crippen LogP contribution is -2.13. The molecule has 3 rings (SSSR count). The number of hydrogen-bond acceptors (Lipinski definition) is 3. The molecule has 0 radical (unpaired) electrons. The molecule has 1 aromatic heterocycles. The number of hydrogen-bond donors (Lipinski definition) is 1. The second kappa shape index (κ2) is 4.42. The number of nitrogens with zero attached hydrogens (tertiary/aromatic N) is 1. The van der Waals surface area contributed by atoms with E-state index in [9.17, 15) is 13.2 Å². The molecule has 0 saturated heterocycles. The number of rotatable bonds is 2. The number of anilines is 1. The van der Waals surface area contributed by atoms with Crippen LogP contribution in [0.1, 0.15) is 25.7 Å². The molecule has 1 aliphatic carbocycles. The van der Waals surface area contributed by atoms with Gasteiger partial charge < -0.3 is 5.32 Å². The summed E-state index contributed by atoms with van der Waals surface area (Å²) in [6.45, 7) is 0. The van der Waals surface area contributed by atoms with Crippen LogP contribution in [0.5, 0.6) is 0 Å². The molecule has 0 bridgehead atoms. The van der Waals surface area contributed by atoms with Crippen molar-refractivity contribution in [2.75, 3.05) is 5.32 Å². The Hall–Kier alpha value is -1.30. The van der Waals surface area contributed by atoms with Crippen molar-refractivity contribution < 1.29 is 13.2 Å². The number of thiazole rings is 1. The van der Waals surface area contributed by atoms with Crippen LogP contribution in [0.4, 0.5) is 18.3 Å². The summed E-state index contributed by atoms with van der Waals surface area (Å²) in [6, 6.07) is 1.33. The average molecular weight is 272 g/mol. The molecule has 0 amide bonds. The quantitative estimate of drug-likeness (QED) is 0.834. The molecule has 2 aromatic rings. The van der Waals surface area contributed by atoms with Gasteiger partial charge in [-0.25, -0.2) is 18.2 Å². The van der Waals surface area contributed by atoms with Gasteiger partial charge in [0.1, 0.15) is 5.52 Å². The van der Waals surface area contributed by atoms with E-state index in [-0.39, 0.29) is 5.52 Å². The maximum absolute atomic E-state index is 13.5. The van der Waals surface area contributed by atoms with Crippen molar-refractivity contribution in [3.63, 3.8) is 0 Å². The smallest absolute Gasteiger partial charge is 0.196 e. The molecule has 0 unspecified atom stereocenters. The second-order valence-corrected chi connectivity index (χ2v) is 5.51. The lowest BCUT2D eigenvalue weighted by atomic mass is 10.3. The van der Waals surface area contributed by atoms with Crippen LogP contribution < -0.4 is 5.32 Å². The summed E-state index contributed by atoms with van der Waals surface area (Å²) in [5.74, 6) is -3.84. The Morgan fingerprint density at radius 3 is 2.61 bits per heavy atom. The van der Waals surface area contributed by atoms with Gasteiger partial charge in [0.25, 0.3) is 0 Å². The molecule has 1 heterocycles. The van der Waals surface area contributed by atoms with Crippen LogP contribution in [0.15, 0.2) is 6.07 Å². The molecule has 1 aliphatic rings. The summed E-state index contributed by atoms with van der Waals surface area (Å²) < 4.78 is 39.9. The van der Waals surface area contributed by atoms with Crippen molar-refractivity contribution in [2.24, 2.45) is 0 Å². The lowest BCUT2D eigenvalue weighted by molar-refractivity contribution is 0.453. The van der Waals surface area contributed by atoms with E-state index >= 15 is 0 Å². The summed E-state index contributed by atoms with van der Waals surface area (Å²) in [6.07, 6.45) is 4.45. The fourth-order valence-corrected chi connectivity index (χ4v) is 3.25. The maximum atomic E-state index is 13.5. The van der Waals surface area contributed by atoms with Gasteiger partial charge in [0, 0.05) is 6.04 Å². The van der Waals surface area contributed by atoms with Crippen LogP contribution in [0, 0.1) is 17.5 Å². The van der Waals surface area contributed by atoms with Crippen LogP contribution in [0.3, 0.4) is 0 Å². The van der Waals surface area contributed by atoms with E-state index in [4.69, 9.17) is 0 Å². The third-order valence-electron chi connectivity index (χ3n) is 3.20. The van der Waals surface area contributed by atoms with Gasteiger partial charge >= 0.3 is 0 Å². The fourth-order valence-electron chi connectivity index (χ4n) is 2.28. The Balaban J connectivity index is 1.97. The van der Waals surface area contributed by atoms with Crippen LogP contribution in [-0.2, 0) is 0 Å². The van der Waals surface area contributed by atoms with E-state index < -0.39 is 17.5 Å². The first-order valence-electron chi connectivity index (χ1n) is 5.85. The lowest BCUT2D eigenvalue weighted by Gasteiger charge is -2.09. The number of nitrogens with one attached hydrogen (secondary N) is 1. The molecule has 0 atom stereocenters. The van der Waals surface area contributed by atoms with Crippen molar-refractivity contribution in [1.29, 1.82) is 0 Å². The van der Waals surface area contributed by atoms with Gasteiger partial charge in [-0.3, -0.25) is 0 Å². The molecule has 1 fully saturated rings. The molecule has 6 heteroatoms. The van der Waals surface area contributed by atoms with Crippen LogP contribution in [0.2, 0.25) is 0 Å². The zero-order valence-corrected chi connectivity index (χ0v) is 10.3. The van der Waals surface area contributed by atoms with Gasteiger partial charge in [0.15, 0.2) is 22.6 Å². The molecule has 1 aromatic carbocycles. The topological polar surface area (TPSA) is 24.9 Å². The van der Waals surface area contributed by atoms with Crippen molar-refractivity contribution in [1.82, 2.24) is 4.98 Å². The predicted octanol–water partition coefficient (Wildman–Crippen LogP) is 4.07. The normalized spacial score (nSPS) is 16.6. The van der Waals surface area contributed by atoms with Crippen molar-refractivity contribution in [2.45, 2.75) is 31.7 Å². The molecule has 1 N–H and O–H groups in total. The monoisotopic (exact) mass is 272 g/mol. The Morgan fingerprint density at radius 1 is 1.17 bits per heavy atom. The minimum absolute atomic E-state index is 0.0978. The van der Waals surface area contributed by atoms with Gasteiger partial charge in [0.2, 0.25) is 0 Å². The fraction of sp³-hybridized carbons (Fsp3) is 0.417. The van der Waals surface area contributed by atoms with E-state index in [0.29, 0.717) is 15.9 Å². The summed E-state index contributed by atoms with van der Waals surface area (Å²) >= 11 is 1.15. The van der Waals surface area contributed by atoms with Crippen molar-refractivity contribution >= 4 is 26.7 Å². The first-order valence-corrected chi connectivity index (χ1v) is 6.67. The highest BCUT2D eigenvalue weighted by atomic mass is 32.1. The zero-order valence-electron chi connectivity index (χ0n) is 9.47. The van der Waals surface area contributed by atoms with E-state index in [1.54, 1.807) is 0 Å². The molecule has 18 heavy (non-hydrogen) atoms. The number of fused-ring (bicyclic) bond motifs is 1. The van der Waals surface area contributed by atoms with Crippen molar-refractivity contribution in [3.8, 4) is 0 Å². The summed E-state index contributed by atoms with van der Waals surface area (Å²) in [5, 5.41) is 3.72. The Labute approximate surface area is 106 Å². The van der Waals surface area contributed by atoms with Crippen LogP contribution in [0.25, 0.3) is 10.2 Å². The Bertz CT molecular complexity index is 591. The SMILES string of the molecule is Fc1cc2sc(NC3CCCC3)nc2c(F)c1F. The second-order valence-electron chi connectivity index (χ2n) is 4.48. The van der Waals surface area contributed by atoms with Gasteiger partial charge in [-0.1, -0.05) is 24.2 Å². The first kappa shape index (κ1) is 11.8. The summed E-state index contributed by atoms with van der Waals surface area (Å²) in [5.41, 5.74) is -0.0978. The highest BCUT2D eigenvalue weighted by Crippen LogP contribution is 2.32. The van der Waals surface area contributed by atoms with Crippen molar-refractivity contribution in [3.05, 3.63) is 23.5 Å². The minimum atomic E-state index is -1.46. The number of aromatic nitrogens is 1. The average Bonchev–Trinajstić information content (AvgIpc) is 2.96. The Morgan fingerprint density at radius 2 is 1.89 bits per heavy atom. The van der Waals surface area contributed by atoms with Gasteiger partial charge in [0.05, 0.1) is 4.70 Å². The zero-order chi connectivity index (χ0) is 12.7. The summed E-state index contributed by atoms with van der Waals surface area (Å²) in [7, 11) is 0. The van der Waals surface area contributed by atoms with E-state index in [2.05, 4.69) is 10.3 Å². The predicted molar refractivity (Wildman–Crippen MR) is 65.4 cm³/mol. The molecule has 96 valence electrons. The standard InChI is InChI=1S/C12H11F3N2S/c13-7-5-8-11(10(15)9(7)14)17-12(18-8)16-6-3-1-2-4-6/h5-6H,1-4H2,(H,16,17). The largest absolute Gasteiger partial charge is 0.359 e. The third-order valence-corrected chi connectivity index (χ3v) is 4.14. The van der Waals surface area contributed by atoms with Crippen LogP contribution >= 0.6 is 11.3 Å². The van der Waals surface area contributed by atoms with Gasteiger partial charge in [-0.15, -0.1) is 0 Å². The molecule has 0 spiro atoms. The number of halogens is 3. The third kappa shape index (κ3) is 1.94. The van der Waals surface area contributed by atoms with E-state index in [1.807, 2.05) is 0 Å². The molecule has 1 saturated carbocycles. The molecule has 0 aliphatic heterocycles. The number of benzene rings is 1. The van der Waals surface area contributed by atoms with E-state index in [0.717, 1.165) is 30.2 Å². The highest BCUT2D eigenvalue weighted by molar-refractivity contribution is 7.22. The summed E-state index contributed by atoms with van der Waals surface area (Å²) in [4.78, 5) is 4.00. The van der Waals surface area contributed by atoms with Gasteiger partial charge in [-0.05, 0) is 18.9 Å².